The van der Waals surface area contributed by atoms with Gasteiger partial charge in [-0.15, -0.1) is 0 Å². The first kappa shape index (κ1) is 12.1. The van der Waals surface area contributed by atoms with Crippen LogP contribution in [0.5, 0.6) is 0 Å². The standard InChI is InChI=1S/C14H20N2O/c1-11(15-2)14(17)16-10-6-9-13(16)12-7-4-3-5-8-12/h3-5,7-8,11,13,15H,6,9-10H2,1-2H3. The molecule has 0 aliphatic carbocycles. The predicted molar refractivity (Wildman–Crippen MR) is 68.7 cm³/mol. The van der Waals surface area contributed by atoms with E-state index in [2.05, 4.69) is 17.4 Å². The monoisotopic (exact) mass is 232 g/mol. The second kappa shape index (κ2) is 5.32. The largest absolute Gasteiger partial charge is 0.334 e. The van der Waals surface area contributed by atoms with Crippen LogP contribution >= 0.6 is 0 Å². The number of carbonyl (C=O) groups is 1. The molecule has 1 aromatic carbocycles. The van der Waals surface area contributed by atoms with Gasteiger partial charge >= 0.3 is 0 Å². The molecule has 1 aliphatic rings. The number of rotatable bonds is 3. The number of nitrogens with zero attached hydrogens (tertiary/aromatic N) is 1. The van der Waals surface area contributed by atoms with Crippen LogP contribution in [0.2, 0.25) is 0 Å². The third kappa shape index (κ3) is 2.50. The van der Waals surface area contributed by atoms with E-state index in [1.165, 1.54) is 5.56 Å². The first-order chi connectivity index (χ1) is 8.24. The third-order valence-electron chi connectivity index (χ3n) is 3.52. The van der Waals surface area contributed by atoms with Gasteiger partial charge < -0.3 is 10.2 Å². The Morgan fingerprint density at radius 3 is 2.76 bits per heavy atom. The molecule has 0 spiro atoms. The Balaban J connectivity index is 2.15. The molecule has 92 valence electrons. The molecule has 2 rings (SSSR count). The van der Waals surface area contributed by atoms with Crippen molar-refractivity contribution in [3.05, 3.63) is 35.9 Å². The Morgan fingerprint density at radius 1 is 1.41 bits per heavy atom. The van der Waals surface area contributed by atoms with Crippen LogP contribution in [0.3, 0.4) is 0 Å². The van der Waals surface area contributed by atoms with Crippen molar-refractivity contribution in [2.75, 3.05) is 13.6 Å². The minimum absolute atomic E-state index is 0.0979. The Kier molecular flexibility index (Phi) is 3.79. The Morgan fingerprint density at radius 2 is 2.12 bits per heavy atom. The molecule has 17 heavy (non-hydrogen) atoms. The Bertz CT molecular complexity index is 377. The van der Waals surface area contributed by atoms with Crippen molar-refractivity contribution in [1.29, 1.82) is 0 Å². The zero-order valence-corrected chi connectivity index (χ0v) is 10.5. The minimum Gasteiger partial charge on any atom is -0.334 e. The average molecular weight is 232 g/mol. The van der Waals surface area contributed by atoms with E-state index in [0.717, 1.165) is 19.4 Å². The van der Waals surface area contributed by atoms with Crippen molar-refractivity contribution < 1.29 is 4.79 Å². The van der Waals surface area contributed by atoms with Gasteiger partial charge in [0.1, 0.15) is 0 Å². The molecule has 0 saturated carbocycles. The lowest BCUT2D eigenvalue weighted by Crippen LogP contribution is -2.43. The summed E-state index contributed by atoms with van der Waals surface area (Å²) in [5.41, 5.74) is 1.25. The maximum atomic E-state index is 12.2. The number of likely N-dealkylation sites (N-methyl/N-ethyl adjacent to an activating group) is 1. The fourth-order valence-corrected chi connectivity index (χ4v) is 2.42. The van der Waals surface area contributed by atoms with Gasteiger partial charge in [-0.05, 0) is 32.4 Å². The summed E-state index contributed by atoms with van der Waals surface area (Å²) in [6, 6.07) is 10.5. The molecule has 1 heterocycles. The molecule has 0 aromatic heterocycles. The van der Waals surface area contributed by atoms with Gasteiger partial charge in [-0.1, -0.05) is 30.3 Å². The minimum atomic E-state index is -0.0979. The van der Waals surface area contributed by atoms with Crippen LogP contribution in [0, 0.1) is 0 Å². The molecular weight excluding hydrogens is 212 g/mol. The van der Waals surface area contributed by atoms with Gasteiger partial charge in [0.25, 0.3) is 0 Å². The molecule has 1 aliphatic heterocycles. The van der Waals surface area contributed by atoms with Crippen LogP contribution in [-0.4, -0.2) is 30.4 Å². The summed E-state index contributed by atoms with van der Waals surface area (Å²) in [6.45, 7) is 2.80. The zero-order chi connectivity index (χ0) is 12.3. The molecule has 0 radical (unpaired) electrons. The van der Waals surface area contributed by atoms with Crippen molar-refractivity contribution in [2.45, 2.75) is 31.8 Å². The summed E-state index contributed by atoms with van der Waals surface area (Å²) < 4.78 is 0. The summed E-state index contributed by atoms with van der Waals surface area (Å²) in [5, 5.41) is 3.02. The lowest BCUT2D eigenvalue weighted by Gasteiger charge is -2.27. The molecule has 3 heteroatoms. The van der Waals surface area contributed by atoms with E-state index in [4.69, 9.17) is 0 Å². The van der Waals surface area contributed by atoms with Gasteiger partial charge in [-0.3, -0.25) is 4.79 Å². The smallest absolute Gasteiger partial charge is 0.239 e. The highest BCUT2D eigenvalue weighted by Gasteiger charge is 2.31. The van der Waals surface area contributed by atoms with E-state index in [1.807, 2.05) is 37.1 Å². The van der Waals surface area contributed by atoms with Crippen LogP contribution in [0.1, 0.15) is 31.4 Å². The van der Waals surface area contributed by atoms with E-state index in [9.17, 15) is 4.79 Å². The molecular formula is C14H20N2O. The van der Waals surface area contributed by atoms with Crippen molar-refractivity contribution >= 4 is 5.91 Å². The number of nitrogens with one attached hydrogen (secondary N) is 1. The van der Waals surface area contributed by atoms with E-state index >= 15 is 0 Å². The second-order valence-corrected chi connectivity index (χ2v) is 4.61. The van der Waals surface area contributed by atoms with Gasteiger partial charge in [-0.2, -0.15) is 0 Å². The number of amides is 1. The topological polar surface area (TPSA) is 32.3 Å². The number of carbonyl (C=O) groups excluding carboxylic acids is 1. The molecule has 1 amide bonds. The fraction of sp³-hybridized carbons (Fsp3) is 0.500. The van der Waals surface area contributed by atoms with Crippen LogP contribution in [0.15, 0.2) is 30.3 Å². The maximum absolute atomic E-state index is 12.2. The quantitative estimate of drug-likeness (QED) is 0.864. The highest BCUT2D eigenvalue weighted by Crippen LogP contribution is 2.31. The maximum Gasteiger partial charge on any atom is 0.239 e. The lowest BCUT2D eigenvalue weighted by atomic mass is 10.0. The van der Waals surface area contributed by atoms with Crippen molar-refractivity contribution in [2.24, 2.45) is 0 Å². The average Bonchev–Trinajstić information content (AvgIpc) is 2.87. The number of benzene rings is 1. The van der Waals surface area contributed by atoms with Gasteiger partial charge in [0.2, 0.25) is 5.91 Å². The number of hydrogen-bond acceptors (Lipinski definition) is 2. The normalized spacial score (nSPS) is 21.5. The SMILES string of the molecule is CNC(C)C(=O)N1CCCC1c1ccccc1. The van der Waals surface area contributed by atoms with Crippen LogP contribution in [0.25, 0.3) is 0 Å². The van der Waals surface area contributed by atoms with E-state index < -0.39 is 0 Å². The fourth-order valence-electron chi connectivity index (χ4n) is 2.42. The van der Waals surface area contributed by atoms with Gasteiger partial charge in [0, 0.05) is 6.54 Å². The third-order valence-corrected chi connectivity index (χ3v) is 3.52. The molecule has 1 saturated heterocycles. The molecule has 1 aromatic rings. The van der Waals surface area contributed by atoms with E-state index in [0.29, 0.717) is 0 Å². The van der Waals surface area contributed by atoms with Gasteiger partial charge in [-0.25, -0.2) is 0 Å². The van der Waals surface area contributed by atoms with E-state index in [1.54, 1.807) is 0 Å². The zero-order valence-electron chi connectivity index (χ0n) is 10.5. The Labute approximate surface area is 103 Å². The van der Waals surface area contributed by atoms with Crippen molar-refractivity contribution in [3.8, 4) is 0 Å². The Hall–Kier alpha value is -1.35. The van der Waals surface area contributed by atoms with Crippen LogP contribution in [-0.2, 0) is 4.79 Å². The first-order valence-electron chi connectivity index (χ1n) is 6.26. The number of likely N-dealkylation sites (tertiary alicyclic amines) is 1. The first-order valence-corrected chi connectivity index (χ1v) is 6.26. The molecule has 2 unspecified atom stereocenters. The van der Waals surface area contributed by atoms with Crippen LogP contribution in [0.4, 0.5) is 0 Å². The van der Waals surface area contributed by atoms with E-state index in [-0.39, 0.29) is 18.0 Å². The highest BCUT2D eigenvalue weighted by molar-refractivity contribution is 5.82. The van der Waals surface area contributed by atoms with Gasteiger partial charge in [0.15, 0.2) is 0 Å². The van der Waals surface area contributed by atoms with Gasteiger partial charge in [0.05, 0.1) is 12.1 Å². The molecule has 1 N–H and O–H groups in total. The summed E-state index contributed by atoms with van der Waals surface area (Å²) in [6.07, 6.45) is 2.17. The molecule has 2 atom stereocenters. The van der Waals surface area contributed by atoms with Crippen molar-refractivity contribution in [3.63, 3.8) is 0 Å². The van der Waals surface area contributed by atoms with Crippen LogP contribution < -0.4 is 5.32 Å². The van der Waals surface area contributed by atoms with Crippen molar-refractivity contribution in [1.82, 2.24) is 10.2 Å². The molecule has 1 fully saturated rings. The predicted octanol–water partition coefficient (Wildman–Crippen LogP) is 1.96. The summed E-state index contributed by atoms with van der Waals surface area (Å²) in [4.78, 5) is 14.2. The molecule has 3 nitrogen and oxygen atoms in total. The highest BCUT2D eigenvalue weighted by atomic mass is 16.2. The lowest BCUT2D eigenvalue weighted by molar-refractivity contribution is -0.133. The number of hydrogen-bond donors (Lipinski definition) is 1. The second-order valence-electron chi connectivity index (χ2n) is 4.61. The summed E-state index contributed by atoms with van der Waals surface area (Å²) >= 11 is 0. The summed E-state index contributed by atoms with van der Waals surface area (Å²) in [5.74, 6) is 0.207. The summed E-state index contributed by atoms with van der Waals surface area (Å²) in [7, 11) is 1.83. The molecule has 0 bridgehead atoms.